The van der Waals surface area contributed by atoms with Crippen molar-refractivity contribution in [2.75, 3.05) is 17.2 Å². The van der Waals surface area contributed by atoms with Gasteiger partial charge in [-0.2, -0.15) is 0 Å². The molecule has 0 saturated carbocycles. The number of nitrogens with one attached hydrogen (secondary N) is 2. The summed E-state index contributed by atoms with van der Waals surface area (Å²) in [5, 5.41) is 4.93. The number of rotatable bonds is 4. The summed E-state index contributed by atoms with van der Waals surface area (Å²) in [6, 6.07) is 6.36. The van der Waals surface area contributed by atoms with Crippen LogP contribution in [0.25, 0.3) is 0 Å². The van der Waals surface area contributed by atoms with Crippen LogP contribution in [-0.2, 0) is 4.79 Å². The quantitative estimate of drug-likeness (QED) is 0.901. The van der Waals surface area contributed by atoms with E-state index in [0.717, 1.165) is 30.3 Å². The lowest BCUT2D eigenvalue weighted by Crippen LogP contribution is -2.22. The standard InChI is InChI=1S/C14H10ClF3N2O/c15-10-5-8(16)2-4-12(10)20-14(21)7-19-13-6-9(17)1-3-11(13)18/h1-6,19H,7H2,(H,20,21). The molecule has 7 heteroatoms. The predicted molar refractivity (Wildman–Crippen MR) is 74.9 cm³/mol. The second kappa shape index (κ2) is 6.49. The van der Waals surface area contributed by atoms with Crippen LogP contribution in [0.15, 0.2) is 36.4 Å². The van der Waals surface area contributed by atoms with Gasteiger partial charge in [-0.15, -0.1) is 0 Å². The zero-order chi connectivity index (χ0) is 15.4. The van der Waals surface area contributed by atoms with Gasteiger partial charge in [0.15, 0.2) is 0 Å². The van der Waals surface area contributed by atoms with Crippen LogP contribution in [0.2, 0.25) is 5.02 Å². The summed E-state index contributed by atoms with van der Waals surface area (Å²) in [6.07, 6.45) is 0. The van der Waals surface area contributed by atoms with Gasteiger partial charge in [0, 0.05) is 0 Å². The lowest BCUT2D eigenvalue weighted by molar-refractivity contribution is -0.114. The molecule has 2 N–H and O–H groups in total. The van der Waals surface area contributed by atoms with Crippen molar-refractivity contribution < 1.29 is 18.0 Å². The average molecular weight is 315 g/mol. The highest BCUT2D eigenvalue weighted by molar-refractivity contribution is 6.33. The topological polar surface area (TPSA) is 41.1 Å². The van der Waals surface area contributed by atoms with Gasteiger partial charge >= 0.3 is 0 Å². The summed E-state index contributed by atoms with van der Waals surface area (Å²) in [7, 11) is 0. The number of carbonyl (C=O) groups excluding carboxylic acids is 1. The van der Waals surface area contributed by atoms with E-state index in [2.05, 4.69) is 10.6 Å². The third-order valence-electron chi connectivity index (χ3n) is 2.57. The average Bonchev–Trinajstić information content (AvgIpc) is 2.43. The van der Waals surface area contributed by atoms with Crippen molar-refractivity contribution in [3.63, 3.8) is 0 Å². The van der Waals surface area contributed by atoms with Crippen LogP contribution in [0.4, 0.5) is 24.5 Å². The van der Waals surface area contributed by atoms with Crippen molar-refractivity contribution in [3.8, 4) is 0 Å². The fourth-order valence-corrected chi connectivity index (χ4v) is 1.81. The Hall–Kier alpha value is -2.21. The van der Waals surface area contributed by atoms with Gasteiger partial charge in [-0.25, -0.2) is 13.2 Å². The summed E-state index contributed by atoms with van der Waals surface area (Å²) < 4.78 is 39.1. The molecule has 0 unspecified atom stereocenters. The van der Waals surface area contributed by atoms with Crippen molar-refractivity contribution >= 4 is 28.9 Å². The van der Waals surface area contributed by atoms with Gasteiger partial charge in [-0.05, 0) is 36.4 Å². The van der Waals surface area contributed by atoms with Crippen LogP contribution in [0.3, 0.4) is 0 Å². The van der Waals surface area contributed by atoms with Gasteiger partial charge in [0.05, 0.1) is 22.9 Å². The van der Waals surface area contributed by atoms with Crippen molar-refractivity contribution in [1.82, 2.24) is 0 Å². The molecule has 2 aromatic rings. The van der Waals surface area contributed by atoms with Gasteiger partial charge in [-0.3, -0.25) is 4.79 Å². The molecular weight excluding hydrogens is 305 g/mol. The fourth-order valence-electron chi connectivity index (χ4n) is 1.59. The third-order valence-corrected chi connectivity index (χ3v) is 2.89. The van der Waals surface area contributed by atoms with Gasteiger partial charge in [-0.1, -0.05) is 11.6 Å². The molecule has 21 heavy (non-hydrogen) atoms. The molecule has 2 rings (SSSR count). The monoisotopic (exact) mass is 314 g/mol. The highest BCUT2D eigenvalue weighted by Gasteiger charge is 2.09. The number of amides is 1. The molecule has 0 aliphatic rings. The number of hydrogen-bond donors (Lipinski definition) is 2. The highest BCUT2D eigenvalue weighted by Crippen LogP contribution is 2.22. The largest absolute Gasteiger partial charge is 0.374 e. The Kier molecular flexibility index (Phi) is 4.70. The molecular formula is C14H10ClF3N2O. The summed E-state index contributed by atoms with van der Waals surface area (Å²) in [6.45, 7) is -0.298. The first-order valence-corrected chi connectivity index (χ1v) is 6.27. The van der Waals surface area contributed by atoms with Gasteiger partial charge in [0.2, 0.25) is 5.91 Å². The molecule has 1 amide bonds. The van der Waals surface area contributed by atoms with E-state index in [-0.39, 0.29) is 22.9 Å². The van der Waals surface area contributed by atoms with E-state index in [4.69, 9.17) is 11.6 Å². The van der Waals surface area contributed by atoms with E-state index in [0.29, 0.717) is 0 Å². The molecule has 0 radical (unpaired) electrons. The van der Waals surface area contributed by atoms with Crippen molar-refractivity contribution in [2.45, 2.75) is 0 Å². The van der Waals surface area contributed by atoms with E-state index in [1.165, 1.54) is 6.07 Å². The second-order valence-corrected chi connectivity index (χ2v) is 4.56. The Balaban J connectivity index is 1.97. The van der Waals surface area contributed by atoms with Crippen molar-refractivity contribution in [3.05, 3.63) is 58.9 Å². The van der Waals surface area contributed by atoms with Crippen LogP contribution in [0, 0.1) is 17.5 Å². The van der Waals surface area contributed by atoms with E-state index in [1.54, 1.807) is 0 Å². The maximum atomic E-state index is 13.3. The fraction of sp³-hybridized carbons (Fsp3) is 0.0714. The van der Waals surface area contributed by atoms with Crippen LogP contribution >= 0.6 is 11.6 Å². The van der Waals surface area contributed by atoms with Gasteiger partial charge in [0.1, 0.15) is 17.5 Å². The van der Waals surface area contributed by atoms with Crippen molar-refractivity contribution in [1.29, 1.82) is 0 Å². The second-order valence-electron chi connectivity index (χ2n) is 4.15. The van der Waals surface area contributed by atoms with Crippen molar-refractivity contribution in [2.24, 2.45) is 0 Å². The van der Waals surface area contributed by atoms with Gasteiger partial charge in [0.25, 0.3) is 0 Å². The smallest absolute Gasteiger partial charge is 0.243 e. The summed E-state index contributed by atoms with van der Waals surface area (Å²) in [5.41, 5.74) is 0.0972. The molecule has 0 bridgehead atoms. The number of carbonyl (C=O) groups is 1. The molecule has 0 atom stereocenters. The molecule has 0 aliphatic carbocycles. The minimum absolute atomic E-state index is 0.0419. The molecule has 0 aromatic heterocycles. The lowest BCUT2D eigenvalue weighted by atomic mass is 10.3. The summed E-state index contributed by atoms with van der Waals surface area (Å²) in [4.78, 5) is 11.7. The highest BCUT2D eigenvalue weighted by atomic mass is 35.5. The van der Waals surface area contributed by atoms with E-state index in [9.17, 15) is 18.0 Å². The molecule has 0 saturated heterocycles. The number of hydrogen-bond acceptors (Lipinski definition) is 2. The minimum atomic E-state index is -0.677. The number of anilines is 2. The molecule has 0 heterocycles. The van der Waals surface area contributed by atoms with Gasteiger partial charge < -0.3 is 10.6 Å². The van der Waals surface area contributed by atoms with E-state index in [1.807, 2.05) is 0 Å². The van der Waals surface area contributed by atoms with E-state index < -0.39 is 23.4 Å². The van der Waals surface area contributed by atoms with Crippen LogP contribution in [0.1, 0.15) is 0 Å². The Labute approximate surface area is 123 Å². The SMILES string of the molecule is O=C(CNc1cc(F)ccc1F)Nc1ccc(F)cc1Cl. The third kappa shape index (κ3) is 4.13. The zero-order valence-corrected chi connectivity index (χ0v) is 11.3. The van der Waals surface area contributed by atoms with Crippen LogP contribution in [0.5, 0.6) is 0 Å². The normalized spacial score (nSPS) is 10.3. The summed E-state index contributed by atoms with van der Waals surface area (Å²) in [5.74, 6) is -2.37. The first kappa shape index (κ1) is 15.2. The first-order chi connectivity index (χ1) is 9.95. The molecule has 0 aliphatic heterocycles. The summed E-state index contributed by atoms with van der Waals surface area (Å²) >= 11 is 5.75. The number of halogens is 4. The maximum Gasteiger partial charge on any atom is 0.243 e. The molecule has 0 fully saturated rings. The van der Waals surface area contributed by atoms with Crippen LogP contribution in [-0.4, -0.2) is 12.5 Å². The Morgan fingerprint density at radius 1 is 1.00 bits per heavy atom. The predicted octanol–water partition coefficient (Wildman–Crippen LogP) is 3.81. The Bertz CT molecular complexity index is 679. The molecule has 3 nitrogen and oxygen atoms in total. The number of benzene rings is 2. The molecule has 0 spiro atoms. The Morgan fingerprint density at radius 2 is 1.67 bits per heavy atom. The lowest BCUT2D eigenvalue weighted by Gasteiger charge is -2.09. The van der Waals surface area contributed by atoms with Crippen LogP contribution < -0.4 is 10.6 Å². The first-order valence-electron chi connectivity index (χ1n) is 5.89. The molecule has 110 valence electrons. The Morgan fingerprint density at radius 3 is 2.38 bits per heavy atom. The maximum absolute atomic E-state index is 13.3. The van der Waals surface area contributed by atoms with E-state index >= 15 is 0 Å². The minimum Gasteiger partial charge on any atom is -0.374 e. The zero-order valence-electron chi connectivity index (χ0n) is 10.6. The molecule has 2 aromatic carbocycles.